The van der Waals surface area contributed by atoms with Crippen LogP contribution in [-0.2, 0) is 14.4 Å². The molecule has 2 aromatic rings. The van der Waals surface area contributed by atoms with Crippen molar-refractivity contribution in [3.05, 3.63) is 72.8 Å². The maximum absolute atomic E-state index is 14.9. The molecule has 1 unspecified atom stereocenters. The first-order chi connectivity index (χ1) is 23.7. The van der Waals surface area contributed by atoms with Gasteiger partial charge < -0.3 is 29.4 Å². The molecule has 49 heavy (non-hydrogen) atoms. The van der Waals surface area contributed by atoms with Gasteiger partial charge in [0.15, 0.2) is 0 Å². The molecule has 2 aromatic carbocycles. The first-order valence-corrected chi connectivity index (χ1v) is 18.7. The quantitative estimate of drug-likeness (QED) is 0.214. The van der Waals surface area contributed by atoms with Crippen LogP contribution in [0, 0.1) is 11.8 Å². The van der Waals surface area contributed by atoms with Crippen LogP contribution >= 0.6 is 11.8 Å². The molecule has 0 radical (unpaired) electrons. The molecule has 3 amide bonds. The molecule has 1 N–H and O–H groups in total. The summed E-state index contributed by atoms with van der Waals surface area (Å²) in [5.74, 6) is -0.955. The van der Waals surface area contributed by atoms with E-state index in [0.717, 1.165) is 55.2 Å². The van der Waals surface area contributed by atoms with Gasteiger partial charge >= 0.3 is 0 Å². The number of carbonyl (C=O) groups is 3. The van der Waals surface area contributed by atoms with E-state index in [2.05, 4.69) is 50.0 Å². The topological polar surface area (TPSA) is 93.6 Å². The molecule has 9 nitrogen and oxygen atoms in total. The third-order valence-corrected chi connectivity index (χ3v) is 12.4. The van der Waals surface area contributed by atoms with Gasteiger partial charge in [-0.25, -0.2) is 0 Å². The lowest BCUT2D eigenvalue weighted by Crippen LogP contribution is -2.53. The fourth-order valence-corrected chi connectivity index (χ4v) is 10.5. The number of benzene rings is 2. The van der Waals surface area contributed by atoms with E-state index in [1.807, 2.05) is 55.5 Å². The highest BCUT2D eigenvalue weighted by atomic mass is 32.2. The molecule has 0 bridgehead atoms. The van der Waals surface area contributed by atoms with Gasteiger partial charge in [-0.15, -0.1) is 11.8 Å². The summed E-state index contributed by atoms with van der Waals surface area (Å²) in [6.07, 6.45) is 11.4. The third kappa shape index (κ3) is 6.27. The normalized spacial score (nSPS) is 27.6. The number of ether oxygens (including phenoxy) is 1. The Balaban J connectivity index is 1.37. The number of anilines is 3. The van der Waals surface area contributed by atoms with E-state index in [4.69, 9.17) is 4.74 Å². The smallest absolute Gasteiger partial charge is 0.251 e. The van der Waals surface area contributed by atoms with Crippen molar-refractivity contribution in [3.63, 3.8) is 0 Å². The van der Waals surface area contributed by atoms with Crippen molar-refractivity contribution in [2.45, 2.75) is 68.9 Å². The van der Waals surface area contributed by atoms with Crippen LogP contribution in [0.2, 0.25) is 0 Å². The van der Waals surface area contributed by atoms with Crippen LogP contribution in [-0.4, -0.2) is 89.2 Å². The van der Waals surface area contributed by atoms with Crippen molar-refractivity contribution in [1.82, 2.24) is 4.90 Å². The van der Waals surface area contributed by atoms with E-state index < -0.39 is 27.4 Å². The lowest BCUT2D eigenvalue weighted by atomic mass is 9.74. The monoisotopic (exact) mass is 686 g/mol. The molecule has 0 aliphatic carbocycles. The lowest BCUT2D eigenvalue weighted by molar-refractivity contribution is -0.139. The standard InChI is InChI=1S/C39H50N4O5S/c1-5-40(6-2)28-14-16-29(17-15-28)42-26-13-23-39-33(36(46)43(34(39)37(42)47)24-10-8-9-11-27-44)32-35(45)41(25-12-22-38(32,4)49-39)30-18-20-31(21-19-30)48-7-3/h12-23,32-34,44H,5-11,24-27H2,1-4H3/t32-,33-,34?,38+,39-/m0/s1. The fraction of sp³-hybridized carbons (Fsp3) is 0.513. The van der Waals surface area contributed by atoms with Crippen molar-refractivity contribution >= 4 is 46.5 Å². The van der Waals surface area contributed by atoms with E-state index in [1.54, 1.807) is 26.5 Å². The summed E-state index contributed by atoms with van der Waals surface area (Å²) in [6, 6.07) is 14.9. The number of carbonyl (C=O) groups excluding carboxylic acids is 3. The minimum absolute atomic E-state index is 0.100. The van der Waals surface area contributed by atoms with Crippen molar-refractivity contribution < 1.29 is 24.2 Å². The van der Waals surface area contributed by atoms with E-state index in [9.17, 15) is 19.5 Å². The largest absolute Gasteiger partial charge is 0.494 e. The minimum Gasteiger partial charge on any atom is -0.494 e. The fourth-order valence-electron chi connectivity index (χ4n) is 8.29. The van der Waals surface area contributed by atoms with Gasteiger partial charge in [-0.1, -0.05) is 37.1 Å². The van der Waals surface area contributed by atoms with Crippen LogP contribution in [0.1, 0.15) is 53.4 Å². The Morgan fingerprint density at radius 3 is 2.04 bits per heavy atom. The van der Waals surface area contributed by atoms with Gasteiger partial charge in [0.25, 0.3) is 5.91 Å². The number of hydrogen-bond donors (Lipinski definition) is 1. The van der Waals surface area contributed by atoms with E-state index >= 15 is 0 Å². The van der Waals surface area contributed by atoms with Crippen molar-refractivity contribution in [3.8, 4) is 5.75 Å². The van der Waals surface area contributed by atoms with Crippen LogP contribution < -0.4 is 19.4 Å². The second-order valence-electron chi connectivity index (χ2n) is 13.5. The van der Waals surface area contributed by atoms with Gasteiger partial charge in [0.05, 0.1) is 23.2 Å². The number of likely N-dealkylation sites (tertiary alicyclic amines) is 1. The zero-order chi connectivity index (χ0) is 34.8. The maximum atomic E-state index is 14.9. The van der Waals surface area contributed by atoms with Gasteiger partial charge in [0.2, 0.25) is 11.8 Å². The van der Waals surface area contributed by atoms with Gasteiger partial charge in [-0.2, -0.15) is 0 Å². The Morgan fingerprint density at radius 2 is 1.41 bits per heavy atom. The van der Waals surface area contributed by atoms with Crippen LogP contribution in [0.3, 0.4) is 0 Å². The number of rotatable bonds is 13. The predicted octanol–water partition coefficient (Wildman–Crippen LogP) is 5.68. The molecule has 2 fully saturated rings. The number of nitrogens with zero attached hydrogens (tertiary/aromatic N) is 4. The molecule has 1 spiro atoms. The Morgan fingerprint density at radius 1 is 0.796 bits per heavy atom. The first kappa shape index (κ1) is 35.1. The number of aliphatic hydroxyl groups excluding tert-OH is 1. The van der Waals surface area contributed by atoms with Crippen LogP contribution in [0.25, 0.3) is 0 Å². The molecule has 4 aliphatic rings. The number of aliphatic hydroxyl groups is 1. The molecule has 262 valence electrons. The van der Waals surface area contributed by atoms with Gasteiger partial charge in [-0.3, -0.25) is 14.4 Å². The summed E-state index contributed by atoms with van der Waals surface area (Å²) in [4.78, 5) is 52.1. The highest BCUT2D eigenvalue weighted by molar-refractivity contribution is 8.02. The Kier molecular flexibility index (Phi) is 10.5. The van der Waals surface area contributed by atoms with Gasteiger partial charge in [0, 0.05) is 61.1 Å². The van der Waals surface area contributed by atoms with Crippen molar-refractivity contribution in [1.29, 1.82) is 0 Å². The maximum Gasteiger partial charge on any atom is 0.251 e. The van der Waals surface area contributed by atoms with Crippen LogP contribution in [0.15, 0.2) is 72.8 Å². The zero-order valence-electron chi connectivity index (χ0n) is 29.2. The molecule has 4 aliphatic heterocycles. The van der Waals surface area contributed by atoms with Crippen LogP contribution in [0.5, 0.6) is 5.75 Å². The summed E-state index contributed by atoms with van der Waals surface area (Å²) < 4.78 is 4.05. The van der Waals surface area contributed by atoms with E-state index in [0.29, 0.717) is 32.7 Å². The molecule has 0 aromatic heterocycles. The van der Waals surface area contributed by atoms with Crippen molar-refractivity contribution in [2.24, 2.45) is 11.8 Å². The summed E-state index contributed by atoms with van der Waals surface area (Å²) in [5.41, 5.74) is 2.65. The second kappa shape index (κ2) is 14.6. The zero-order valence-corrected chi connectivity index (χ0v) is 30.0. The Labute approximate surface area is 294 Å². The third-order valence-electron chi connectivity index (χ3n) is 10.6. The molecule has 5 atom stereocenters. The molecular weight excluding hydrogens is 637 g/mol. The summed E-state index contributed by atoms with van der Waals surface area (Å²) in [7, 11) is 0. The summed E-state index contributed by atoms with van der Waals surface area (Å²) in [5, 5.41) is 9.31. The Bertz CT molecular complexity index is 1570. The Hall–Kier alpha value is -3.76. The predicted molar refractivity (Wildman–Crippen MR) is 197 cm³/mol. The average molecular weight is 687 g/mol. The highest BCUT2D eigenvalue weighted by Gasteiger charge is 2.74. The first-order valence-electron chi connectivity index (χ1n) is 17.9. The van der Waals surface area contributed by atoms with Crippen molar-refractivity contribution in [2.75, 3.05) is 60.6 Å². The number of hydrogen-bond acceptors (Lipinski definition) is 7. The molecule has 0 saturated carbocycles. The number of thioether (sulfide) groups is 1. The van der Waals surface area contributed by atoms with E-state index in [-0.39, 0.29) is 24.3 Å². The molecule has 10 heteroatoms. The molecule has 4 heterocycles. The lowest BCUT2D eigenvalue weighted by Gasteiger charge is -2.37. The number of amides is 3. The van der Waals surface area contributed by atoms with E-state index in [1.165, 1.54) is 0 Å². The highest BCUT2D eigenvalue weighted by Crippen LogP contribution is 2.65. The molecule has 2 saturated heterocycles. The van der Waals surface area contributed by atoms with Gasteiger partial charge in [-0.05, 0) is 89.1 Å². The minimum atomic E-state index is -0.906. The van der Waals surface area contributed by atoms with Gasteiger partial charge in [0.1, 0.15) is 11.8 Å². The SMILES string of the molecule is CCOc1ccc(N2CC=C[C@@]3(C)S[C@]45C=CCN(c6ccc(N(CC)CC)cc6)C(=O)C4N(CCCCCCO)C(=O)[C@@H]5[C@H]3C2=O)cc1. The summed E-state index contributed by atoms with van der Waals surface area (Å²) in [6.45, 7) is 11.9. The molecular formula is C39H50N4O5S. The van der Waals surface area contributed by atoms with Crippen LogP contribution in [0.4, 0.5) is 17.1 Å². The average Bonchev–Trinajstić information content (AvgIpc) is 3.36. The second-order valence-corrected chi connectivity index (χ2v) is 15.3. The molecule has 6 rings (SSSR count). The number of unbranched alkanes of at least 4 members (excludes halogenated alkanes) is 3. The summed E-state index contributed by atoms with van der Waals surface area (Å²) >= 11 is 1.61. The number of fused-ring (bicyclic) bond motifs is 2.